The quantitative estimate of drug-likeness (QED) is 0.417. The number of ether oxygens (including phenoxy) is 1. The summed E-state index contributed by atoms with van der Waals surface area (Å²) in [6.45, 7) is 12.1. The summed E-state index contributed by atoms with van der Waals surface area (Å²) in [5, 5.41) is 6.80. The normalized spacial score (nSPS) is 12.3. The van der Waals surface area contributed by atoms with Crippen molar-refractivity contribution in [3.05, 3.63) is 35.4 Å². The van der Waals surface area contributed by atoms with Crippen LogP contribution in [0.15, 0.2) is 29.3 Å². The van der Waals surface area contributed by atoms with Crippen LogP contribution in [0.3, 0.4) is 0 Å². The highest BCUT2D eigenvalue weighted by molar-refractivity contribution is 5.79. The number of rotatable bonds is 9. The second-order valence-electron chi connectivity index (χ2n) is 6.51. The summed E-state index contributed by atoms with van der Waals surface area (Å²) >= 11 is 0. The molecule has 0 radical (unpaired) electrons. The van der Waals surface area contributed by atoms with E-state index in [0.717, 1.165) is 45.1 Å². The Balaban J connectivity index is 2.38. The van der Waals surface area contributed by atoms with Gasteiger partial charge < -0.3 is 15.4 Å². The molecule has 0 heterocycles. The summed E-state index contributed by atoms with van der Waals surface area (Å²) in [5.74, 6) is 0.863. The minimum atomic E-state index is 0.0542. The van der Waals surface area contributed by atoms with Crippen LogP contribution in [-0.4, -0.2) is 39.3 Å². The molecule has 0 unspecified atom stereocenters. The van der Waals surface area contributed by atoms with Gasteiger partial charge in [-0.1, -0.05) is 43.7 Å². The van der Waals surface area contributed by atoms with Gasteiger partial charge in [0.05, 0.1) is 0 Å². The van der Waals surface area contributed by atoms with E-state index in [9.17, 15) is 0 Å². The van der Waals surface area contributed by atoms with Crippen molar-refractivity contribution < 1.29 is 4.74 Å². The predicted octanol–water partition coefficient (Wildman–Crippen LogP) is 3.25. The molecule has 4 nitrogen and oxygen atoms in total. The molecule has 1 rings (SSSR count). The van der Waals surface area contributed by atoms with Gasteiger partial charge in [-0.05, 0) is 32.3 Å². The van der Waals surface area contributed by atoms with E-state index in [2.05, 4.69) is 60.7 Å². The lowest BCUT2D eigenvalue weighted by Gasteiger charge is -2.27. The van der Waals surface area contributed by atoms with Crippen molar-refractivity contribution in [1.29, 1.82) is 0 Å². The summed E-state index contributed by atoms with van der Waals surface area (Å²) in [7, 11) is 1.81. The Bertz CT molecular complexity index is 483. The van der Waals surface area contributed by atoms with Crippen LogP contribution in [0.2, 0.25) is 0 Å². The molecule has 0 bridgehead atoms. The Morgan fingerprint density at radius 1 is 1.22 bits per heavy atom. The van der Waals surface area contributed by atoms with Crippen molar-refractivity contribution in [2.24, 2.45) is 4.99 Å². The molecule has 0 aliphatic carbocycles. The van der Waals surface area contributed by atoms with E-state index in [1.54, 1.807) is 0 Å². The molecule has 4 heteroatoms. The molecular weight excluding hydrogens is 286 g/mol. The Kier molecular flexibility index (Phi) is 8.70. The molecule has 0 fully saturated rings. The first kappa shape index (κ1) is 19.5. The lowest BCUT2D eigenvalue weighted by molar-refractivity contribution is 0.143. The molecule has 2 N–H and O–H groups in total. The molecule has 130 valence electrons. The fraction of sp³-hybridized carbons (Fsp3) is 0.632. The van der Waals surface area contributed by atoms with Crippen LogP contribution < -0.4 is 10.6 Å². The third-order valence-corrected chi connectivity index (χ3v) is 3.93. The molecule has 1 aromatic rings. The minimum Gasteiger partial charge on any atom is -0.382 e. The first-order valence-corrected chi connectivity index (χ1v) is 8.59. The zero-order chi connectivity index (χ0) is 17.1. The van der Waals surface area contributed by atoms with Crippen LogP contribution in [-0.2, 0) is 10.2 Å². The van der Waals surface area contributed by atoms with E-state index in [-0.39, 0.29) is 5.41 Å². The Labute approximate surface area is 141 Å². The molecule has 0 saturated carbocycles. The maximum Gasteiger partial charge on any atom is 0.191 e. The summed E-state index contributed by atoms with van der Waals surface area (Å²) in [6, 6.07) is 8.71. The number of guanidine groups is 1. The van der Waals surface area contributed by atoms with E-state index in [1.165, 1.54) is 11.1 Å². The van der Waals surface area contributed by atoms with Gasteiger partial charge in [-0.25, -0.2) is 0 Å². The molecule has 23 heavy (non-hydrogen) atoms. The molecule has 0 aliphatic rings. The zero-order valence-corrected chi connectivity index (χ0v) is 15.4. The average molecular weight is 319 g/mol. The number of unbranched alkanes of at least 4 members (excludes halogenated alkanes) is 1. The van der Waals surface area contributed by atoms with E-state index in [1.807, 2.05) is 14.0 Å². The predicted molar refractivity (Wildman–Crippen MR) is 99.3 cm³/mol. The molecule has 0 aromatic heterocycles. The van der Waals surface area contributed by atoms with Gasteiger partial charge in [-0.15, -0.1) is 0 Å². The van der Waals surface area contributed by atoms with Gasteiger partial charge in [-0.3, -0.25) is 4.99 Å². The Morgan fingerprint density at radius 3 is 2.65 bits per heavy atom. The van der Waals surface area contributed by atoms with Crippen molar-refractivity contribution in [2.75, 3.05) is 33.4 Å². The van der Waals surface area contributed by atoms with Gasteiger partial charge in [0.2, 0.25) is 0 Å². The van der Waals surface area contributed by atoms with Gasteiger partial charge in [-0.2, -0.15) is 0 Å². The van der Waals surface area contributed by atoms with Gasteiger partial charge >= 0.3 is 0 Å². The monoisotopic (exact) mass is 319 g/mol. The van der Waals surface area contributed by atoms with Gasteiger partial charge in [0.15, 0.2) is 5.96 Å². The standard InChI is InChI=1S/C19H33N3O/c1-6-23-13-8-7-12-21-18(20-5)22-15-19(3,4)17-11-9-10-16(2)14-17/h9-11,14H,6-8,12-13,15H2,1-5H3,(H2,20,21,22). The van der Waals surface area contributed by atoms with E-state index < -0.39 is 0 Å². The van der Waals surface area contributed by atoms with Crippen molar-refractivity contribution in [3.8, 4) is 0 Å². The number of aryl methyl sites for hydroxylation is 1. The first-order valence-electron chi connectivity index (χ1n) is 8.59. The van der Waals surface area contributed by atoms with Crippen molar-refractivity contribution >= 4 is 5.96 Å². The van der Waals surface area contributed by atoms with E-state index >= 15 is 0 Å². The van der Waals surface area contributed by atoms with E-state index in [0.29, 0.717) is 0 Å². The van der Waals surface area contributed by atoms with Crippen molar-refractivity contribution in [3.63, 3.8) is 0 Å². The van der Waals surface area contributed by atoms with Crippen LogP contribution in [0.25, 0.3) is 0 Å². The lowest BCUT2D eigenvalue weighted by Crippen LogP contribution is -2.43. The molecule has 0 amide bonds. The molecule has 0 atom stereocenters. The SMILES string of the molecule is CCOCCCCNC(=NC)NCC(C)(C)c1cccc(C)c1. The molecule has 0 aliphatic heterocycles. The average Bonchev–Trinajstić information content (AvgIpc) is 2.53. The fourth-order valence-electron chi connectivity index (χ4n) is 2.37. The van der Waals surface area contributed by atoms with Crippen LogP contribution >= 0.6 is 0 Å². The lowest BCUT2D eigenvalue weighted by atomic mass is 9.84. The maximum absolute atomic E-state index is 5.34. The van der Waals surface area contributed by atoms with Crippen LogP contribution in [0.1, 0.15) is 44.7 Å². The highest BCUT2D eigenvalue weighted by atomic mass is 16.5. The molecule has 1 aromatic carbocycles. The maximum atomic E-state index is 5.34. The van der Waals surface area contributed by atoms with Gasteiger partial charge in [0.25, 0.3) is 0 Å². The van der Waals surface area contributed by atoms with Crippen molar-refractivity contribution in [2.45, 2.75) is 46.0 Å². The van der Waals surface area contributed by atoms with Gasteiger partial charge in [0.1, 0.15) is 0 Å². The molecule has 0 saturated heterocycles. The highest BCUT2D eigenvalue weighted by Gasteiger charge is 2.20. The number of aliphatic imine (C=N–C) groups is 1. The number of benzene rings is 1. The smallest absolute Gasteiger partial charge is 0.191 e. The number of nitrogens with one attached hydrogen (secondary N) is 2. The zero-order valence-electron chi connectivity index (χ0n) is 15.4. The van der Waals surface area contributed by atoms with Gasteiger partial charge in [0, 0.05) is 38.8 Å². The van der Waals surface area contributed by atoms with Crippen LogP contribution in [0.5, 0.6) is 0 Å². The Morgan fingerprint density at radius 2 is 2.00 bits per heavy atom. The van der Waals surface area contributed by atoms with Crippen LogP contribution in [0.4, 0.5) is 0 Å². The molecular formula is C19H33N3O. The summed E-state index contributed by atoms with van der Waals surface area (Å²) in [4.78, 5) is 4.30. The Hall–Kier alpha value is -1.55. The second-order valence-corrected chi connectivity index (χ2v) is 6.51. The van der Waals surface area contributed by atoms with Crippen LogP contribution in [0, 0.1) is 6.92 Å². The summed E-state index contributed by atoms with van der Waals surface area (Å²) in [5.41, 5.74) is 2.70. The largest absolute Gasteiger partial charge is 0.382 e. The van der Waals surface area contributed by atoms with E-state index in [4.69, 9.17) is 4.74 Å². The minimum absolute atomic E-state index is 0.0542. The summed E-state index contributed by atoms with van der Waals surface area (Å²) in [6.07, 6.45) is 2.16. The van der Waals surface area contributed by atoms with Crippen molar-refractivity contribution in [1.82, 2.24) is 10.6 Å². The summed E-state index contributed by atoms with van der Waals surface area (Å²) < 4.78 is 5.34. The molecule has 0 spiro atoms. The topological polar surface area (TPSA) is 45.6 Å². The highest BCUT2D eigenvalue weighted by Crippen LogP contribution is 2.22. The number of nitrogens with zero attached hydrogens (tertiary/aromatic N) is 1. The number of hydrogen-bond donors (Lipinski definition) is 2. The third-order valence-electron chi connectivity index (χ3n) is 3.93. The number of hydrogen-bond acceptors (Lipinski definition) is 2. The third kappa shape index (κ3) is 7.51. The second kappa shape index (κ2) is 10.3. The fourth-order valence-corrected chi connectivity index (χ4v) is 2.37. The first-order chi connectivity index (χ1) is 11.0.